The van der Waals surface area contributed by atoms with Gasteiger partial charge in [-0.15, -0.1) is 0 Å². The summed E-state index contributed by atoms with van der Waals surface area (Å²) in [6, 6.07) is 16.0. The summed E-state index contributed by atoms with van der Waals surface area (Å²) in [5, 5.41) is 10.3. The van der Waals surface area contributed by atoms with E-state index >= 15 is 0 Å². The van der Waals surface area contributed by atoms with Gasteiger partial charge in [0.2, 0.25) is 0 Å². The highest BCUT2D eigenvalue weighted by molar-refractivity contribution is 5.94. The van der Waals surface area contributed by atoms with Crippen LogP contribution in [-0.2, 0) is 0 Å². The monoisotopic (exact) mass is 364 g/mol. The Morgan fingerprint density at radius 3 is 2.59 bits per heavy atom. The van der Waals surface area contributed by atoms with E-state index in [1.807, 2.05) is 35.2 Å². The molecule has 4 rings (SSSR count). The van der Waals surface area contributed by atoms with Crippen LogP contribution in [0.2, 0.25) is 0 Å². The molecule has 27 heavy (non-hydrogen) atoms. The van der Waals surface area contributed by atoms with E-state index in [1.54, 1.807) is 18.3 Å². The number of benzene rings is 2. The maximum absolute atomic E-state index is 13.1. The van der Waals surface area contributed by atoms with Crippen molar-refractivity contribution in [2.45, 2.75) is 18.9 Å². The minimum absolute atomic E-state index is 0.0387. The van der Waals surface area contributed by atoms with Crippen molar-refractivity contribution in [2.75, 3.05) is 18.4 Å². The van der Waals surface area contributed by atoms with Crippen LogP contribution in [0, 0.1) is 5.82 Å². The second kappa shape index (κ2) is 7.61. The minimum Gasteiger partial charge on any atom is -0.381 e. The second-order valence-electron chi connectivity index (χ2n) is 6.79. The van der Waals surface area contributed by atoms with Crippen molar-refractivity contribution >= 4 is 11.6 Å². The fraction of sp³-hybridized carbons (Fsp3) is 0.238. The molecule has 5 nitrogen and oxygen atoms in total. The Balaban J connectivity index is 1.41. The first-order valence-corrected chi connectivity index (χ1v) is 9.10. The number of nitrogens with one attached hydrogen (secondary N) is 2. The van der Waals surface area contributed by atoms with E-state index in [9.17, 15) is 9.18 Å². The first-order valence-electron chi connectivity index (χ1n) is 9.10. The van der Waals surface area contributed by atoms with Crippen molar-refractivity contribution in [3.05, 3.63) is 72.2 Å². The van der Waals surface area contributed by atoms with Crippen LogP contribution in [0.25, 0.3) is 11.3 Å². The number of aromatic nitrogens is 2. The van der Waals surface area contributed by atoms with Gasteiger partial charge >= 0.3 is 0 Å². The molecule has 1 aromatic heterocycles. The lowest BCUT2D eigenvalue weighted by atomic mass is 10.0. The largest absolute Gasteiger partial charge is 0.381 e. The van der Waals surface area contributed by atoms with Crippen molar-refractivity contribution in [1.29, 1.82) is 0 Å². The Morgan fingerprint density at radius 2 is 1.89 bits per heavy atom. The van der Waals surface area contributed by atoms with Crippen molar-refractivity contribution in [2.24, 2.45) is 0 Å². The van der Waals surface area contributed by atoms with Crippen LogP contribution in [0.15, 0.2) is 60.8 Å². The van der Waals surface area contributed by atoms with Gasteiger partial charge in [0.1, 0.15) is 5.82 Å². The fourth-order valence-electron chi connectivity index (χ4n) is 3.45. The Kier molecular flexibility index (Phi) is 4.87. The molecule has 2 aromatic carbocycles. The third-order valence-corrected chi connectivity index (χ3v) is 4.87. The van der Waals surface area contributed by atoms with Crippen LogP contribution in [0.5, 0.6) is 0 Å². The average Bonchev–Trinajstić information content (AvgIpc) is 3.24. The Bertz CT molecular complexity index is 891. The molecule has 2 N–H and O–H groups in total. The Labute approximate surface area is 157 Å². The molecule has 138 valence electrons. The summed E-state index contributed by atoms with van der Waals surface area (Å²) in [4.78, 5) is 14.8. The molecule has 3 aromatic rings. The smallest absolute Gasteiger partial charge is 0.253 e. The van der Waals surface area contributed by atoms with Gasteiger partial charge in [-0.2, -0.15) is 5.10 Å². The number of nitrogens with zero attached hydrogens (tertiary/aromatic N) is 2. The number of rotatable bonds is 4. The molecule has 0 bridgehead atoms. The third-order valence-electron chi connectivity index (χ3n) is 4.87. The third kappa shape index (κ3) is 4.00. The zero-order chi connectivity index (χ0) is 18.6. The molecule has 0 aliphatic carbocycles. The van der Waals surface area contributed by atoms with Gasteiger partial charge in [-0.25, -0.2) is 4.39 Å². The van der Waals surface area contributed by atoms with Gasteiger partial charge in [-0.1, -0.05) is 12.1 Å². The van der Waals surface area contributed by atoms with E-state index in [0.717, 1.165) is 36.3 Å². The number of piperidine rings is 1. The van der Waals surface area contributed by atoms with E-state index in [1.165, 1.54) is 12.1 Å². The van der Waals surface area contributed by atoms with Crippen LogP contribution in [0.3, 0.4) is 0 Å². The van der Waals surface area contributed by atoms with Gasteiger partial charge < -0.3 is 10.2 Å². The lowest BCUT2D eigenvalue weighted by molar-refractivity contribution is 0.0715. The molecule has 0 unspecified atom stereocenters. The normalized spacial score (nSPS) is 16.9. The highest BCUT2D eigenvalue weighted by Crippen LogP contribution is 2.21. The van der Waals surface area contributed by atoms with E-state index in [0.29, 0.717) is 12.1 Å². The van der Waals surface area contributed by atoms with Gasteiger partial charge in [-0.05, 0) is 60.9 Å². The maximum Gasteiger partial charge on any atom is 0.253 e. The zero-order valence-electron chi connectivity index (χ0n) is 14.9. The van der Waals surface area contributed by atoms with Crippen molar-refractivity contribution < 1.29 is 9.18 Å². The molecule has 0 saturated carbocycles. The van der Waals surface area contributed by atoms with Gasteiger partial charge in [0, 0.05) is 36.6 Å². The van der Waals surface area contributed by atoms with Crippen molar-refractivity contribution in [1.82, 2.24) is 15.1 Å². The zero-order valence-corrected chi connectivity index (χ0v) is 14.9. The molecule has 1 atom stereocenters. The van der Waals surface area contributed by atoms with Gasteiger partial charge in [0.25, 0.3) is 5.91 Å². The van der Waals surface area contributed by atoms with Crippen molar-refractivity contribution in [3.63, 3.8) is 0 Å². The number of carbonyl (C=O) groups is 1. The Morgan fingerprint density at radius 1 is 1.11 bits per heavy atom. The second-order valence-corrected chi connectivity index (χ2v) is 6.79. The van der Waals surface area contributed by atoms with Crippen molar-refractivity contribution in [3.8, 4) is 11.3 Å². The van der Waals surface area contributed by atoms with E-state index < -0.39 is 0 Å². The molecule has 6 heteroatoms. The summed E-state index contributed by atoms with van der Waals surface area (Å²) in [5.41, 5.74) is 3.48. The highest BCUT2D eigenvalue weighted by Gasteiger charge is 2.24. The lowest BCUT2D eigenvalue weighted by Gasteiger charge is -2.33. The predicted octanol–water partition coefficient (Wildman–Crippen LogP) is 3.93. The SMILES string of the molecule is O=C(c1ccc(-c2ccn[nH]2)cc1)N1CCC[C@@H](Nc2ccc(F)cc2)C1. The number of carbonyl (C=O) groups excluding carboxylic acids is 1. The van der Waals surface area contributed by atoms with Crippen LogP contribution >= 0.6 is 0 Å². The molecule has 2 heterocycles. The number of H-pyrrole nitrogens is 1. The average molecular weight is 364 g/mol. The van der Waals surface area contributed by atoms with Gasteiger partial charge in [-0.3, -0.25) is 9.89 Å². The van der Waals surface area contributed by atoms with E-state index in [-0.39, 0.29) is 17.8 Å². The number of likely N-dealkylation sites (tertiary alicyclic amines) is 1. The molecule has 1 fully saturated rings. The summed E-state index contributed by atoms with van der Waals surface area (Å²) in [6.45, 7) is 1.39. The molecule has 0 spiro atoms. The van der Waals surface area contributed by atoms with E-state index in [4.69, 9.17) is 0 Å². The first kappa shape index (κ1) is 17.3. The molecule has 1 amide bonds. The van der Waals surface area contributed by atoms with Gasteiger partial charge in [0.15, 0.2) is 0 Å². The standard InChI is InChI=1S/C21H21FN4O/c22-17-7-9-18(10-8-17)24-19-2-1-13-26(14-19)21(27)16-5-3-15(4-6-16)20-11-12-23-25-20/h3-12,19,24H,1-2,13-14H2,(H,23,25)/t19-/m1/s1. The molecular formula is C21H21FN4O. The summed E-state index contributed by atoms with van der Waals surface area (Å²) < 4.78 is 13.1. The lowest BCUT2D eigenvalue weighted by Crippen LogP contribution is -2.45. The quantitative estimate of drug-likeness (QED) is 0.737. The number of aromatic amines is 1. The number of anilines is 1. The van der Waals surface area contributed by atoms with Crippen LogP contribution in [-0.4, -0.2) is 40.1 Å². The maximum atomic E-state index is 13.1. The predicted molar refractivity (Wildman–Crippen MR) is 103 cm³/mol. The summed E-state index contributed by atoms with van der Waals surface area (Å²) >= 11 is 0. The molecular weight excluding hydrogens is 343 g/mol. The fourth-order valence-corrected chi connectivity index (χ4v) is 3.45. The summed E-state index contributed by atoms with van der Waals surface area (Å²) in [5.74, 6) is -0.212. The highest BCUT2D eigenvalue weighted by atomic mass is 19.1. The van der Waals surface area contributed by atoms with E-state index in [2.05, 4.69) is 15.5 Å². The topological polar surface area (TPSA) is 61.0 Å². The summed E-state index contributed by atoms with van der Waals surface area (Å²) in [7, 11) is 0. The molecule has 1 saturated heterocycles. The minimum atomic E-state index is -0.250. The molecule has 0 radical (unpaired) electrons. The first-order chi connectivity index (χ1) is 13.2. The number of halogens is 1. The van der Waals surface area contributed by atoms with Crippen LogP contribution < -0.4 is 5.32 Å². The Hall–Kier alpha value is -3.15. The number of hydrogen-bond donors (Lipinski definition) is 2. The summed E-state index contributed by atoms with van der Waals surface area (Å²) in [6.07, 6.45) is 3.63. The van der Waals surface area contributed by atoms with Crippen LogP contribution in [0.4, 0.5) is 10.1 Å². The molecule has 1 aliphatic heterocycles. The van der Waals surface area contributed by atoms with Crippen LogP contribution in [0.1, 0.15) is 23.2 Å². The number of hydrogen-bond acceptors (Lipinski definition) is 3. The van der Waals surface area contributed by atoms with Gasteiger partial charge in [0.05, 0.1) is 5.69 Å². The molecule has 1 aliphatic rings. The number of amides is 1.